The summed E-state index contributed by atoms with van der Waals surface area (Å²) in [5.41, 5.74) is 7.75. The first-order chi connectivity index (χ1) is 8.22. The molecule has 5 nitrogen and oxygen atoms in total. The lowest BCUT2D eigenvalue weighted by molar-refractivity contribution is 0.327. The standard InChI is InChI=1S/C12H16N4O/c1-3-17-12-5-4-10(6-15-12)16-8-14-7-11(16)9(2)13/h4-9H,3,13H2,1-2H3/t9-/m0/s1. The minimum absolute atomic E-state index is 0.0657. The Morgan fingerprint density at radius 1 is 1.41 bits per heavy atom. The van der Waals surface area contributed by atoms with Gasteiger partial charge in [-0.2, -0.15) is 0 Å². The van der Waals surface area contributed by atoms with Gasteiger partial charge < -0.3 is 15.0 Å². The van der Waals surface area contributed by atoms with E-state index in [0.717, 1.165) is 11.4 Å². The first-order valence-electron chi connectivity index (χ1n) is 5.59. The van der Waals surface area contributed by atoms with E-state index < -0.39 is 0 Å². The Morgan fingerprint density at radius 2 is 2.24 bits per heavy atom. The summed E-state index contributed by atoms with van der Waals surface area (Å²) < 4.78 is 7.22. The van der Waals surface area contributed by atoms with E-state index in [9.17, 15) is 0 Å². The zero-order chi connectivity index (χ0) is 12.3. The van der Waals surface area contributed by atoms with Crippen LogP contribution in [0.1, 0.15) is 25.6 Å². The third kappa shape index (κ3) is 2.45. The number of ether oxygens (including phenoxy) is 1. The van der Waals surface area contributed by atoms with Crippen molar-refractivity contribution in [3.8, 4) is 11.6 Å². The van der Waals surface area contributed by atoms with Gasteiger partial charge in [-0.1, -0.05) is 0 Å². The summed E-state index contributed by atoms with van der Waals surface area (Å²) in [6, 6.07) is 3.71. The van der Waals surface area contributed by atoms with E-state index in [1.165, 1.54) is 0 Å². The van der Waals surface area contributed by atoms with Gasteiger partial charge in [0.25, 0.3) is 0 Å². The maximum absolute atomic E-state index is 5.87. The first-order valence-corrected chi connectivity index (χ1v) is 5.59. The molecule has 17 heavy (non-hydrogen) atoms. The van der Waals surface area contributed by atoms with Gasteiger partial charge in [-0.05, 0) is 19.9 Å². The summed E-state index contributed by atoms with van der Waals surface area (Å²) in [6.07, 6.45) is 5.25. The summed E-state index contributed by atoms with van der Waals surface area (Å²) in [5, 5.41) is 0. The van der Waals surface area contributed by atoms with Gasteiger partial charge in [0, 0.05) is 12.1 Å². The smallest absolute Gasteiger partial charge is 0.213 e. The van der Waals surface area contributed by atoms with Crippen molar-refractivity contribution < 1.29 is 4.74 Å². The zero-order valence-electron chi connectivity index (χ0n) is 10.00. The van der Waals surface area contributed by atoms with Crippen LogP contribution in [0.25, 0.3) is 5.69 Å². The molecule has 2 aromatic heterocycles. The number of hydrogen-bond acceptors (Lipinski definition) is 4. The van der Waals surface area contributed by atoms with Crippen LogP contribution >= 0.6 is 0 Å². The van der Waals surface area contributed by atoms with Gasteiger partial charge in [0.15, 0.2) is 0 Å². The summed E-state index contributed by atoms with van der Waals surface area (Å²) in [7, 11) is 0. The van der Waals surface area contributed by atoms with Gasteiger partial charge in [0.2, 0.25) is 5.88 Å². The maximum atomic E-state index is 5.87. The molecule has 0 aliphatic rings. The molecule has 0 aliphatic heterocycles. The van der Waals surface area contributed by atoms with Gasteiger partial charge in [-0.25, -0.2) is 9.97 Å². The largest absolute Gasteiger partial charge is 0.478 e. The quantitative estimate of drug-likeness (QED) is 0.871. The molecule has 5 heteroatoms. The van der Waals surface area contributed by atoms with E-state index in [1.807, 2.05) is 30.5 Å². The molecule has 2 aromatic rings. The lowest BCUT2D eigenvalue weighted by Gasteiger charge is -2.10. The summed E-state index contributed by atoms with van der Waals surface area (Å²) in [6.45, 7) is 4.47. The van der Waals surface area contributed by atoms with Crippen LogP contribution in [0.15, 0.2) is 30.9 Å². The van der Waals surface area contributed by atoms with Gasteiger partial charge in [-0.15, -0.1) is 0 Å². The van der Waals surface area contributed by atoms with Crippen LogP contribution in [0.2, 0.25) is 0 Å². The Hall–Kier alpha value is -1.88. The van der Waals surface area contributed by atoms with E-state index in [1.54, 1.807) is 18.7 Å². The Labute approximate surface area is 100 Å². The molecular weight excluding hydrogens is 216 g/mol. The zero-order valence-corrected chi connectivity index (χ0v) is 10.00. The summed E-state index contributed by atoms with van der Waals surface area (Å²) in [5.74, 6) is 0.624. The highest BCUT2D eigenvalue weighted by Gasteiger charge is 2.08. The van der Waals surface area contributed by atoms with Crippen molar-refractivity contribution in [1.29, 1.82) is 0 Å². The van der Waals surface area contributed by atoms with Crippen molar-refractivity contribution in [2.75, 3.05) is 6.61 Å². The van der Waals surface area contributed by atoms with Crippen molar-refractivity contribution in [3.05, 3.63) is 36.5 Å². The van der Waals surface area contributed by atoms with Gasteiger partial charge in [0.1, 0.15) is 0 Å². The van der Waals surface area contributed by atoms with E-state index in [0.29, 0.717) is 12.5 Å². The molecule has 0 bridgehead atoms. The molecule has 0 aliphatic carbocycles. The van der Waals surface area contributed by atoms with E-state index >= 15 is 0 Å². The lowest BCUT2D eigenvalue weighted by atomic mass is 10.2. The monoisotopic (exact) mass is 232 g/mol. The van der Waals surface area contributed by atoms with Crippen molar-refractivity contribution in [2.45, 2.75) is 19.9 Å². The Morgan fingerprint density at radius 3 is 2.82 bits per heavy atom. The van der Waals surface area contributed by atoms with Crippen LogP contribution in [0.4, 0.5) is 0 Å². The summed E-state index contributed by atoms with van der Waals surface area (Å²) >= 11 is 0. The Bertz CT molecular complexity index is 476. The van der Waals surface area contributed by atoms with E-state index in [4.69, 9.17) is 10.5 Å². The highest BCUT2D eigenvalue weighted by Crippen LogP contribution is 2.17. The fourth-order valence-corrected chi connectivity index (χ4v) is 1.61. The van der Waals surface area contributed by atoms with Gasteiger partial charge >= 0.3 is 0 Å². The average molecular weight is 232 g/mol. The highest BCUT2D eigenvalue weighted by molar-refractivity contribution is 5.33. The lowest BCUT2D eigenvalue weighted by Crippen LogP contribution is -2.10. The summed E-state index contributed by atoms with van der Waals surface area (Å²) in [4.78, 5) is 8.32. The van der Waals surface area contributed by atoms with Crippen molar-refractivity contribution in [3.63, 3.8) is 0 Å². The van der Waals surface area contributed by atoms with Crippen LogP contribution in [0.5, 0.6) is 5.88 Å². The first kappa shape index (κ1) is 11.6. The number of imidazole rings is 1. The van der Waals surface area contributed by atoms with Crippen LogP contribution in [-0.4, -0.2) is 21.1 Å². The molecule has 0 spiro atoms. The van der Waals surface area contributed by atoms with Gasteiger partial charge in [0.05, 0.1) is 36.7 Å². The molecular formula is C12H16N4O. The molecule has 0 unspecified atom stereocenters. The highest BCUT2D eigenvalue weighted by atomic mass is 16.5. The van der Waals surface area contributed by atoms with Gasteiger partial charge in [-0.3, -0.25) is 0 Å². The molecule has 0 radical (unpaired) electrons. The molecule has 0 saturated heterocycles. The number of rotatable bonds is 4. The van der Waals surface area contributed by atoms with Crippen LogP contribution in [-0.2, 0) is 0 Å². The number of hydrogen-bond donors (Lipinski definition) is 1. The topological polar surface area (TPSA) is 66.0 Å². The SMILES string of the molecule is CCOc1ccc(-n2cncc2[C@H](C)N)cn1. The van der Waals surface area contributed by atoms with Crippen molar-refractivity contribution >= 4 is 0 Å². The molecule has 0 aromatic carbocycles. The van der Waals surface area contributed by atoms with Crippen LogP contribution in [0, 0.1) is 0 Å². The average Bonchev–Trinajstić information content (AvgIpc) is 2.79. The molecule has 1 atom stereocenters. The van der Waals surface area contributed by atoms with Crippen LogP contribution in [0.3, 0.4) is 0 Å². The predicted molar refractivity (Wildman–Crippen MR) is 65.1 cm³/mol. The molecule has 0 fully saturated rings. The second kappa shape index (κ2) is 4.97. The second-order valence-electron chi connectivity index (χ2n) is 3.76. The van der Waals surface area contributed by atoms with Crippen molar-refractivity contribution in [1.82, 2.24) is 14.5 Å². The van der Waals surface area contributed by atoms with E-state index in [2.05, 4.69) is 9.97 Å². The molecule has 90 valence electrons. The number of nitrogens with two attached hydrogens (primary N) is 1. The molecule has 2 heterocycles. The number of pyridine rings is 1. The maximum Gasteiger partial charge on any atom is 0.213 e. The minimum Gasteiger partial charge on any atom is -0.478 e. The number of aromatic nitrogens is 3. The number of nitrogens with zero attached hydrogens (tertiary/aromatic N) is 3. The fraction of sp³-hybridized carbons (Fsp3) is 0.333. The normalized spacial score (nSPS) is 12.4. The van der Waals surface area contributed by atoms with Crippen LogP contribution < -0.4 is 10.5 Å². The Kier molecular flexibility index (Phi) is 3.39. The predicted octanol–water partition coefficient (Wildman–Crippen LogP) is 1.69. The fourth-order valence-electron chi connectivity index (χ4n) is 1.61. The molecule has 0 amide bonds. The molecule has 2 N–H and O–H groups in total. The third-order valence-corrected chi connectivity index (χ3v) is 2.42. The van der Waals surface area contributed by atoms with E-state index in [-0.39, 0.29) is 6.04 Å². The minimum atomic E-state index is -0.0657. The molecule has 0 saturated carbocycles. The second-order valence-corrected chi connectivity index (χ2v) is 3.76. The van der Waals surface area contributed by atoms with Crippen molar-refractivity contribution in [2.24, 2.45) is 5.73 Å². The Balaban J connectivity index is 2.30. The third-order valence-electron chi connectivity index (χ3n) is 2.42. The molecule has 2 rings (SSSR count).